The van der Waals surface area contributed by atoms with Crippen molar-refractivity contribution in [3.63, 3.8) is 0 Å². The quantitative estimate of drug-likeness (QED) is 0.253. The first-order chi connectivity index (χ1) is 18.6. The number of benzene rings is 3. The van der Waals surface area contributed by atoms with Crippen LogP contribution in [0.2, 0.25) is 0 Å². The Labute approximate surface area is 232 Å². The Kier molecular flexibility index (Phi) is 10.4. The highest BCUT2D eigenvalue weighted by Gasteiger charge is 2.26. The van der Waals surface area contributed by atoms with Gasteiger partial charge in [-0.3, -0.25) is 14.4 Å². The Morgan fingerprint density at radius 2 is 0.897 bits per heavy atom. The molecular formula is C33H41N3O3. The normalized spacial score (nSPS) is 10.8. The topological polar surface area (TPSA) is 87.3 Å². The van der Waals surface area contributed by atoms with Gasteiger partial charge in [0.2, 0.25) is 17.7 Å². The highest BCUT2D eigenvalue weighted by molar-refractivity contribution is 6.02. The SMILES string of the molecule is CCc1ccc(NC(=O)CC(CC(=O)Nc2ccc(CC)cc2C)C(=O)Nc2ccc(CC)cc2C)c(C)c1. The maximum absolute atomic E-state index is 13.4. The summed E-state index contributed by atoms with van der Waals surface area (Å²) in [4.78, 5) is 39.6. The molecule has 0 radical (unpaired) electrons. The maximum Gasteiger partial charge on any atom is 0.228 e. The lowest BCUT2D eigenvalue weighted by molar-refractivity contribution is -0.127. The first kappa shape index (κ1) is 29.6. The molecule has 6 heteroatoms. The summed E-state index contributed by atoms with van der Waals surface area (Å²) in [6.45, 7) is 12.1. The number of hydrogen-bond donors (Lipinski definition) is 3. The maximum atomic E-state index is 13.4. The second-order valence-electron chi connectivity index (χ2n) is 10.2. The van der Waals surface area contributed by atoms with Gasteiger partial charge in [-0.25, -0.2) is 0 Å². The number of hydrogen-bond acceptors (Lipinski definition) is 3. The number of carbonyl (C=O) groups excluding carboxylic acids is 3. The van der Waals surface area contributed by atoms with Crippen molar-refractivity contribution in [1.29, 1.82) is 0 Å². The van der Waals surface area contributed by atoms with Gasteiger partial charge in [-0.15, -0.1) is 0 Å². The lowest BCUT2D eigenvalue weighted by Gasteiger charge is -2.19. The molecule has 0 aliphatic carbocycles. The second kappa shape index (κ2) is 13.7. The standard InChI is InChI=1S/C33H41N3O3/c1-7-24-10-13-28(21(4)16-24)34-31(37)19-27(33(39)36-30-15-12-26(9-3)18-23(30)6)20-32(38)35-29-14-11-25(8-2)17-22(29)5/h10-18,27H,7-9,19-20H2,1-6H3,(H,34,37)(H,35,38)(H,36,39). The van der Waals surface area contributed by atoms with E-state index in [0.717, 1.165) is 36.0 Å². The predicted molar refractivity (Wildman–Crippen MR) is 160 cm³/mol. The van der Waals surface area contributed by atoms with E-state index in [-0.39, 0.29) is 30.6 Å². The molecule has 0 fully saturated rings. The van der Waals surface area contributed by atoms with Gasteiger partial charge < -0.3 is 16.0 Å². The molecule has 3 aromatic carbocycles. The van der Waals surface area contributed by atoms with Crippen LogP contribution in [0.1, 0.15) is 67.0 Å². The fourth-order valence-electron chi connectivity index (χ4n) is 4.60. The molecular weight excluding hydrogens is 486 g/mol. The van der Waals surface area contributed by atoms with Crippen molar-refractivity contribution in [3.05, 3.63) is 88.0 Å². The zero-order chi connectivity index (χ0) is 28.5. The van der Waals surface area contributed by atoms with Crippen LogP contribution in [0.5, 0.6) is 0 Å². The molecule has 0 atom stereocenters. The lowest BCUT2D eigenvalue weighted by atomic mass is 9.98. The fourth-order valence-corrected chi connectivity index (χ4v) is 4.60. The van der Waals surface area contributed by atoms with Crippen molar-refractivity contribution >= 4 is 34.8 Å². The zero-order valence-corrected chi connectivity index (χ0v) is 24.0. The van der Waals surface area contributed by atoms with Gasteiger partial charge in [0.15, 0.2) is 0 Å². The van der Waals surface area contributed by atoms with Crippen LogP contribution in [0.3, 0.4) is 0 Å². The molecule has 0 aliphatic rings. The number of carbonyl (C=O) groups is 3. The van der Waals surface area contributed by atoms with Crippen LogP contribution in [0, 0.1) is 26.7 Å². The molecule has 0 bridgehead atoms. The summed E-state index contributed by atoms with van der Waals surface area (Å²) >= 11 is 0. The van der Waals surface area contributed by atoms with Crippen molar-refractivity contribution in [2.24, 2.45) is 5.92 Å². The van der Waals surface area contributed by atoms with E-state index in [1.54, 1.807) is 0 Å². The predicted octanol–water partition coefficient (Wildman–Crippen LogP) is 6.91. The summed E-state index contributed by atoms with van der Waals surface area (Å²) in [6, 6.07) is 17.7. The third-order valence-corrected chi connectivity index (χ3v) is 7.14. The molecule has 206 valence electrons. The Hall–Kier alpha value is -3.93. The number of aryl methyl sites for hydroxylation is 6. The molecule has 0 spiro atoms. The molecule has 0 saturated carbocycles. The summed E-state index contributed by atoms with van der Waals surface area (Å²) in [5, 5.41) is 8.82. The number of nitrogens with one attached hydrogen (secondary N) is 3. The third-order valence-electron chi connectivity index (χ3n) is 7.14. The first-order valence-electron chi connectivity index (χ1n) is 13.8. The van der Waals surface area contributed by atoms with Crippen molar-refractivity contribution < 1.29 is 14.4 Å². The average molecular weight is 528 g/mol. The monoisotopic (exact) mass is 527 g/mol. The second-order valence-corrected chi connectivity index (χ2v) is 10.2. The smallest absolute Gasteiger partial charge is 0.228 e. The summed E-state index contributed by atoms with van der Waals surface area (Å²) < 4.78 is 0. The average Bonchev–Trinajstić information content (AvgIpc) is 2.91. The van der Waals surface area contributed by atoms with E-state index in [0.29, 0.717) is 17.1 Å². The van der Waals surface area contributed by atoms with E-state index in [1.165, 1.54) is 16.7 Å². The van der Waals surface area contributed by atoms with Gasteiger partial charge in [0.25, 0.3) is 0 Å². The number of rotatable bonds is 11. The van der Waals surface area contributed by atoms with Gasteiger partial charge in [0.05, 0.1) is 5.92 Å². The van der Waals surface area contributed by atoms with Gasteiger partial charge in [-0.05, 0) is 91.6 Å². The van der Waals surface area contributed by atoms with Gasteiger partial charge in [0.1, 0.15) is 0 Å². The van der Waals surface area contributed by atoms with Crippen LogP contribution in [0.25, 0.3) is 0 Å². The highest BCUT2D eigenvalue weighted by Crippen LogP contribution is 2.23. The summed E-state index contributed by atoms with van der Waals surface area (Å²) in [5.74, 6) is -1.82. The van der Waals surface area contributed by atoms with E-state index in [4.69, 9.17) is 0 Å². The molecule has 3 aromatic rings. The van der Waals surface area contributed by atoms with Crippen LogP contribution in [-0.4, -0.2) is 17.7 Å². The molecule has 0 saturated heterocycles. The molecule has 0 aliphatic heterocycles. The molecule has 39 heavy (non-hydrogen) atoms. The minimum atomic E-state index is -0.847. The molecule has 3 rings (SSSR count). The van der Waals surface area contributed by atoms with Crippen LogP contribution in [0.4, 0.5) is 17.1 Å². The van der Waals surface area contributed by atoms with Crippen molar-refractivity contribution in [2.45, 2.75) is 73.6 Å². The minimum Gasteiger partial charge on any atom is -0.326 e. The van der Waals surface area contributed by atoms with Crippen molar-refractivity contribution in [3.8, 4) is 0 Å². The Morgan fingerprint density at radius 3 is 1.21 bits per heavy atom. The van der Waals surface area contributed by atoms with Crippen LogP contribution >= 0.6 is 0 Å². The van der Waals surface area contributed by atoms with Gasteiger partial charge in [0, 0.05) is 29.9 Å². The molecule has 0 aromatic heterocycles. The van der Waals surface area contributed by atoms with Gasteiger partial charge in [-0.1, -0.05) is 57.2 Å². The van der Waals surface area contributed by atoms with Crippen LogP contribution in [0.15, 0.2) is 54.6 Å². The van der Waals surface area contributed by atoms with E-state index in [1.807, 2.05) is 75.4 Å². The fraction of sp³-hybridized carbons (Fsp3) is 0.364. The van der Waals surface area contributed by atoms with Gasteiger partial charge in [-0.2, -0.15) is 0 Å². The molecule has 3 amide bonds. The summed E-state index contributed by atoms with van der Waals surface area (Å²) in [5.41, 5.74) is 8.50. The van der Waals surface area contributed by atoms with E-state index >= 15 is 0 Å². The van der Waals surface area contributed by atoms with E-state index in [9.17, 15) is 14.4 Å². The minimum absolute atomic E-state index is 0.117. The Bertz CT molecular complexity index is 1280. The summed E-state index contributed by atoms with van der Waals surface area (Å²) in [6.07, 6.45) is 2.48. The highest BCUT2D eigenvalue weighted by atomic mass is 16.2. The van der Waals surface area contributed by atoms with Crippen LogP contribution in [-0.2, 0) is 33.6 Å². The molecule has 6 nitrogen and oxygen atoms in total. The zero-order valence-electron chi connectivity index (χ0n) is 24.0. The Balaban J connectivity index is 1.78. The number of amides is 3. The van der Waals surface area contributed by atoms with E-state index in [2.05, 4.69) is 36.7 Å². The van der Waals surface area contributed by atoms with Crippen molar-refractivity contribution in [2.75, 3.05) is 16.0 Å². The molecule has 0 unspecified atom stereocenters. The third kappa shape index (κ3) is 8.28. The van der Waals surface area contributed by atoms with Gasteiger partial charge >= 0.3 is 0 Å². The van der Waals surface area contributed by atoms with Crippen molar-refractivity contribution in [1.82, 2.24) is 0 Å². The van der Waals surface area contributed by atoms with Crippen LogP contribution < -0.4 is 16.0 Å². The molecule has 3 N–H and O–H groups in total. The van der Waals surface area contributed by atoms with E-state index < -0.39 is 5.92 Å². The molecule has 0 heterocycles. The first-order valence-corrected chi connectivity index (χ1v) is 13.8. The largest absolute Gasteiger partial charge is 0.326 e. The number of anilines is 3. The summed E-state index contributed by atoms with van der Waals surface area (Å²) in [7, 11) is 0. The Morgan fingerprint density at radius 1 is 0.564 bits per heavy atom. The lowest BCUT2D eigenvalue weighted by Crippen LogP contribution is -2.31.